The third-order valence-corrected chi connectivity index (χ3v) is 7.11. The van der Waals surface area contributed by atoms with Gasteiger partial charge in [-0.25, -0.2) is 4.57 Å². The molecular formula is C31H31N2O+. The number of nitrogens with zero attached hydrogens (tertiary/aromatic N) is 2. The quantitative estimate of drug-likeness (QED) is 0.235. The highest BCUT2D eigenvalue weighted by atomic mass is 16.3. The van der Waals surface area contributed by atoms with Crippen LogP contribution in [0.3, 0.4) is 0 Å². The standard InChI is InChI=1S/C31H31N2O/c1-18-16-25(32(7)17-19(18)2)33-23-14-10-8-12-21(23)27-29(33)20(3)28(31(4,5)6)26-22-13-9-11-15-24(22)34-30(26)27/h8-17H,1-7H3/q+1/i2D3. The minimum absolute atomic E-state index is 0.131. The Bertz CT molecular complexity index is 1880. The molecule has 3 aromatic heterocycles. The van der Waals surface area contributed by atoms with Gasteiger partial charge in [0.05, 0.1) is 18.6 Å². The zero-order valence-corrected chi connectivity index (χ0v) is 20.6. The van der Waals surface area contributed by atoms with Crippen molar-refractivity contribution in [1.82, 2.24) is 4.57 Å². The predicted octanol–water partition coefficient (Wildman–Crippen LogP) is 7.73. The van der Waals surface area contributed by atoms with E-state index in [0.717, 1.165) is 49.7 Å². The molecular weight excluding hydrogens is 416 g/mol. The zero-order valence-electron chi connectivity index (χ0n) is 23.6. The lowest BCUT2D eigenvalue weighted by molar-refractivity contribution is -0.665. The number of benzene rings is 3. The summed E-state index contributed by atoms with van der Waals surface area (Å²) in [6, 6.07) is 18.7. The van der Waals surface area contributed by atoms with Gasteiger partial charge in [-0.2, -0.15) is 4.57 Å². The van der Waals surface area contributed by atoms with E-state index in [0.29, 0.717) is 5.56 Å². The van der Waals surface area contributed by atoms with Crippen LogP contribution in [-0.4, -0.2) is 4.57 Å². The van der Waals surface area contributed by atoms with Crippen LogP contribution in [0.2, 0.25) is 0 Å². The molecule has 0 bridgehead atoms. The fraction of sp³-hybridized carbons (Fsp3) is 0.258. The van der Waals surface area contributed by atoms with Crippen LogP contribution in [0.15, 0.2) is 65.2 Å². The Kier molecular flexibility index (Phi) is 3.65. The molecule has 0 aliphatic carbocycles. The van der Waals surface area contributed by atoms with Crippen LogP contribution in [0.5, 0.6) is 0 Å². The van der Waals surface area contributed by atoms with E-state index in [4.69, 9.17) is 8.53 Å². The van der Waals surface area contributed by atoms with Crippen molar-refractivity contribution in [1.29, 1.82) is 0 Å². The average molecular weight is 451 g/mol. The van der Waals surface area contributed by atoms with E-state index in [1.165, 1.54) is 16.5 Å². The van der Waals surface area contributed by atoms with Gasteiger partial charge < -0.3 is 4.42 Å². The van der Waals surface area contributed by atoms with Crippen molar-refractivity contribution in [2.24, 2.45) is 7.05 Å². The smallest absolute Gasteiger partial charge is 0.286 e. The SMILES string of the molecule is [2H]C([2H])([2H])c1c[n+](C)c(-n2c3ccccc3c3c4oc5ccccc5c4c(C(C)(C)C)c(C)c32)cc1C. The van der Waals surface area contributed by atoms with Crippen LogP contribution in [-0.2, 0) is 12.5 Å². The topological polar surface area (TPSA) is 21.9 Å². The first-order chi connectivity index (χ1) is 17.4. The molecule has 34 heavy (non-hydrogen) atoms. The maximum Gasteiger partial charge on any atom is 0.286 e. The fourth-order valence-electron chi connectivity index (χ4n) is 5.73. The first-order valence-electron chi connectivity index (χ1n) is 13.3. The largest absolute Gasteiger partial charge is 0.455 e. The molecule has 0 atom stereocenters. The first kappa shape index (κ1) is 17.8. The van der Waals surface area contributed by atoms with E-state index < -0.39 is 6.85 Å². The van der Waals surface area contributed by atoms with Gasteiger partial charge in [0.2, 0.25) is 0 Å². The second-order valence-electron chi connectivity index (χ2n) is 10.5. The summed E-state index contributed by atoms with van der Waals surface area (Å²) in [7, 11) is 1.92. The molecule has 0 radical (unpaired) electrons. The molecule has 0 unspecified atom stereocenters. The summed E-state index contributed by atoms with van der Waals surface area (Å²) < 4.78 is 34.8. The van der Waals surface area contributed by atoms with Crippen molar-refractivity contribution in [2.45, 2.75) is 46.9 Å². The Balaban J connectivity index is 1.89. The lowest BCUT2D eigenvalue weighted by Crippen LogP contribution is -2.34. The van der Waals surface area contributed by atoms with Gasteiger partial charge in [-0.3, -0.25) is 0 Å². The summed E-state index contributed by atoms with van der Waals surface area (Å²) in [5, 5.41) is 4.51. The van der Waals surface area contributed by atoms with Gasteiger partial charge in [-0.1, -0.05) is 51.1 Å². The minimum atomic E-state index is -2.17. The Labute approximate surface area is 204 Å². The van der Waals surface area contributed by atoms with Crippen LogP contribution < -0.4 is 4.57 Å². The summed E-state index contributed by atoms with van der Waals surface area (Å²) in [5.41, 5.74) is 7.39. The second-order valence-corrected chi connectivity index (χ2v) is 10.5. The number of fused-ring (bicyclic) bond motifs is 7. The molecule has 0 saturated carbocycles. The van der Waals surface area contributed by atoms with Crippen molar-refractivity contribution in [3.8, 4) is 5.82 Å². The van der Waals surface area contributed by atoms with Gasteiger partial charge in [-0.05, 0) is 61.0 Å². The molecule has 0 amide bonds. The molecule has 0 aliphatic heterocycles. The normalized spacial score (nSPS) is 14.2. The summed E-state index contributed by atoms with van der Waals surface area (Å²) >= 11 is 0. The van der Waals surface area contributed by atoms with E-state index in [1.807, 2.05) is 36.7 Å². The fourth-order valence-corrected chi connectivity index (χ4v) is 5.73. The molecule has 3 aromatic carbocycles. The summed E-state index contributed by atoms with van der Waals surface area (Å²) in [4.78, 5) is 0. The van der Waals surface area contributed by atoms with Crippen molar-refractivity contribution in [2.75, 3.05) is 0 Å². The van der Waals surface area contributed by atoms with E-state index in [-0.39, 0.29) is 5.41 Å². The highest BCUT2D eigenvalue weighted by Gasteiger charge is 2.32. The van der Waals surface area contributed by atoms with E-state index in [9.17, 15) is 0 Å². The number of aryl methyl sites for hydroxylation is 4. The van der Waals surface area contributed by atoms with Crippen molar-refractivity contribution in [3.63, 3.8) is 0 Å². The van der Waals surface area contributed by atoms with E-state index in [1.54, 1.807) is 6.20 Å². The summed E-state index contributed by atoms with van der Waals surface area (Å²) in [5.74, 6) is 0.912. The minimum Gasteiger partial charge on any atom is -0.455 e. The Morgan fingerprint density at radius 3 is 2.35 bits per heavy atom. The zero-order chi connectivity index (χ0) is 26.4. The summed E-state index contributed by atoms with van der Waals surface area (Å²) in [6.45, 7) is 8.68. The molecule has 0 aliphatic rings. The number of hydrogen-bond donors (Lipinski definition) is 0. The number of rotatable bonds is 1. The first-order valence-corrected chi connectivity index (χ1v) is 11.8. The van der Waals surface area contributed by atoms with Crippen molar-refractivity contribution >= 4 is 43.7 Å². The average Bonchev–Trinajstić information content (AvgIpc) is 3.35. The molecule has 0 saturated heterocycles. The number of furan rings is 1. The molecule has 3 nitrogen and oxygen atoms in total. The highest BCUT2D eigenvalue weighted by molar-refractivity contribution is 6.25. The van der Waals surface area contributed by atoms with Crippen LogP contribution >= 0.6 is 0 Å². The maximum atomic E-state index is 7.99. The van der Waals surface area contributed by atoms with Gasteiger partial charge in [0.25, 0.3) is 5.82 Å². The monoisotopic (exact) mass is 450 g/mol. The van der Waals surface area contributed by atoms with Gasteiger partial charge in [0.15, 0.2) is 0 Å². The molecule has 0 fully saturated rings. The van der Waals surface area contributed by atoms with Gasteiger partial charge in [-0.15, -0.1) is 0 Å². The van der Waals surface area contributed by atoms with Crippen molar-refractivity contribution < 1.29 is 13.1 Å². The lowest BCUT2D eigenvalue weighted by Gasteiger charge is -2.23. The molecule has 170 valence electrons. The molecule has 0 N–H and O–H groups in total. The summed E-state index contributed by atoms with van der Waals surface area (Å²) in [6.07, 6.45) is 1.75. The third kappa shape index (κ3) is 2.73. The number of hydrogen-bond acceptors (Lipinski definition) is 1. The maximum absolute atomic E-state index is 7.99. The predicted molar refractivity (Wildman–Crippen MR) is 142 cm³/mol. The van der Waals surface area contributed by atoms with E-state index >= 15 is 0 Å². The Morgan fingerprint density at radius 2 is 1.62 bits per heavy atom. The van der Waals surface area contributed by atoms with Gasteiger partial charge in [0.1, 0.15) is 22.2 Å². The number of pyridine rings is 1. The third-order valence-electron chi connectivity index (χ3n) is 7.11. The van der Waals surface area contributed by atoms with E-state index in [2.05, 4.69) is 68.7 Å². The lowest BCUT2D eigenvalue weighted by atomic mass is 9.80. The molecule has 6 aromatic rings. The molecule has 0 spiro atoms. The molecule has 3 heterocycles. The Hall–Kier alpha value is -3.59. The van der Waals surface area contributed by atoms with Gasteiger partial charge >= 0.3 is 0 Å². The second kappa shape index (κ2) is 6.96. The number of para-hydroxylation sites is 2. The van der Waals surface area contributed by atoms with Crippen LogP contribution in [0.4, 0.5) is 0 Å². The highest BCUT2D eigenvalue weighted by Crippen LogP contribution is 2.47. The molecule has 3 heteroatoms. The Morgan fingerprint density at radius 1 is 0.912 bits per heavy atom. The van der Waals surface area contributed by atoms with Crippen LogP contribution in [0.25, 0.3) is 49.6 Å². The van der Waals surface area contributed by atoms with Gasteiger partial charge in [0, 0.05) is 31.9 Å². The van der Waals surface area contributed by atoms with Crippen molar-refractivity contribution in [3.05, 3.63) is 83.0 Å². The van der Waals surface area contributed by atoms with Crippen LogP contribution in [0.1, 0.15) is 47.1 Å². The number of aromatic nitrogens is 2. The van der Waals surface area contributed by atoms with Crippen LogP contribution in [0, 0.1) is 20.7 Å². The molecule has 6 rings (SSSR count).